The number of hydrogen-bond donors (Lipinski definition) is 0. The minimum atomic E-state index is -0.762. The summed E-state index contributed by atoms with van der Waals surface area (Å²) in [5.74, 6) is -0.916. The van der Waals surface area contributed by atoms with Gasteiger partial charge in [-0.1, -0.05) is 6.07 Å². The Morgan fingerprint density at radius 3 is 2.82 bits per heavy atom. The number of nitriles is 1. The van der Waals surface area contributed by atoms with Gasteiger partial charge in [-0.2, -0.15) is 5.26 Å². The summed E-state index contributed by atoms with van der Waals surface area (Å²) in [5.41, 5.74) is 0.644. The van der Waals surface area contributed by atoms with Crippen molar-refractivity contribution in [1.82, 2.24) is 4.98 Å². The summed E-state index contributed by atoms with van der Waals surface area (Å²) in [6.45, 7) is 1.94. The minimum absolute atomic E-state index is 0.154. The molecule has 1 atom stereocenters. The van der Waals surface area contributed by atoms with E-state index in [9.17, 15) is 4.79 Å². The molecule has 0 aliphatic heterocycles. The van der Waals surface area contributed by atoms with Crippen molar-refractivity contribution in [2.75, 3.05) is 0 Å². The van der Waals surface area contributed by atoms with Crippen LogP contribution in [0.4, 0.5) is 0 Å². The van der Waals surface area contributed by atoms with Crippen molar-refractivity contribution < 1.29 is 4.79 Å². The summed E-state index contributed by atoms with van der Waals surface area (Å²) in [5, 5.41) is 9.12. The van der Waals surface area contributed by atoms with Crippen LogP contribution in [0, 0.1) is 18.3 Å². The molecule has 1 unspecified atom stereocenters. The van der Waals surface area contributed by atoms with E-state index in [0.29, 0.717) is 10.4 Å². The van der Waals surface area contributed by atoms with E-state index in [0.717, 1.165) is 4.88 Å². The Morgan fingerprint density at radius 1 is 1.47 bits per heavy atom. The van der Waals surface area contributed by atoms with E-state index in [1.807, 2.05) is 19.1 Å². The fraction of sp³-hybridized carbons (Fsp3) is 0.154. The molecule has 0 aliphatic rings. The monoisotopic (exact) mass is 242 g/mol. The van der Waals surface area contributed by atoms with Gasteiger partial charge in [0.05, 0.1) is 10.9 Å². The fourth-order valence-corrected chi connectivity index (χ4v) is 2.38. The third-order valence-corrected chi connectivity index (χ3v) is 3.41. The molecule has 0 amide bonds. The number of rotatable bonds is 3. The first-order valence-corrected chi connectivity index (χ1v) is 5.94. The zero-order chi connectivity index (χ0) is 12.3. The molecule has 0 N–H and O–H groups in total. The van der Waals surface area contributed by atoms with Crippen LogP contribution < -0.4 is 0 Å². The molecule has 0 bridgehead atoms. The van der Waals surface area contributed by atoms with Gasteiger partial charge < -0.3 is 0 Å². The average molecular weight is 242 g/mol. The maximum atomic E-state index is 12.1. The van der Waals surface area contributed by atoms with Crippen molar-refractivity contribution in [3.63, 3.8) is 0 Å². The lowest BCUT2D eigenvalue weighted by molar-refractivity contribution is 0.0982. The molecule has 3 nitrogen and oxygen atoms in total. The third kappa shape index (κ3) is 2.40. The van der Waals surface area contributed by atoms with Gasteiger partial charge in [0.2, 0.25) is 0 Å². The van der Waals surface area contributed by atoms with Gasteiger partial charge in [0.15, 0.2) is 5.78 Å². The van der Waals surface area contributed by atoms with E-state index in [4.69, 9.17) is 5.26 Å². The maximum absolute atomic E-state index is 12.1. The van der Waals surface area contributed by atoms with E-state index in [-0.39, 0.29) is 5.78 Å². The predicted octanol–water partition coefficient (Wildman–Crippen LogP) is 2.94. The molecule has 0 radical (unpaired) electrons. The van der Waals surface area contributed by atoms with Gasteiger partial charge in [-0.3, -0.25) is 9.78 Å². The number of nitrogens with zero attached hydrogens (tertiary/aromatic N) is 2. The average Bonchev–Trinajstić information content (AvgIpc) is 2.78. The molecular formula is C13H10N2OS. The van der Waals surface area contributed by atoms with E-state index in [1.54, 1.807) is 30.6 Å². The lowest BCUT2D eigenvalue weighted by atomic mass is 9.97. The first-order chi connectivity index (χ1) is 8.22. The highest BCUT2D eigenvalue weighted by atomic mass is 32.1. The van der Waals surface area contributed by atoms with Crippen LogP contribution in [-0.4, -0.2) is 10.8 Å². The Bertz CT molecular complexity index is 569. The van der Waals surface area contributed by atoms with Gasteiger partial charge in [-0.25, -0.2) is 0 Å². The van der Waals surface area contributed by atoms with Crippen molar-refractivity contribution >= 4 is 17.1 Å². The van der Waals surface area contributed by atoms with Gasteiger partial charge in [0.1, 0.15) is 5.92 Å². The number of carbonyl (C=O) groups is 1. The van der Waals surface area contributed by atoms with Crippen molar-refractivity contribution in [3.05, 3.63) is 52.0 Å². The summed E-state index contributed by atoms with van der Waals surface area (Å²) in [4.78, 5) is 17.8. The molecule has 2 rings (SSSR count). The Morgan fingerprint density at radius 2 is 2.29 bits per heavy atom. The zero-order valence-corrected chi connectivity index (χ0v) is 10.1. The lowest BCUT2D eigenvalue weighted by Crippen LogP contribution is -2.09. The summed E-state index contributed by atoms with van der Waals surface area (Å²) >= 11 is 1.41. The predicted molar refractivity (Wildman–Crippen MR) is 66.0 cm³/mol. The van der Waals surface area contributed by atoms with Crippen molar-refractivity contribution in [1.29, 1.82) is 5.26 Å². The summed E-state index contributed by atoms with van der Waals surface area (Å²) < 4.78 is 0. The highest BCUT2D eigenvalue weighted by Gasteiger charge is 2.22. The quantitative estimate of drug-likeness (QED) is 0.777. The van der Waals surface area contributed by atoms with Gasteiger partial charge in [-0.05, 0) is 30.7 Å². The Labute approximate surface area is 103 Å². The van der Waals surface area contributed by atoms with Crippen LogP contribution in [0.25, 0.3) is 0 Å². The minimum Gasteiger partial charge on any atom is -0.291 e. The molecule has 0 saturated carbocycles. The number of pyridine rings is 1. The molecule has 4 heteroatoms. The van der Waals surface area contributed by atoms with Crippen LogP contribution in [0.3, 0.4) is 0 Å². The van der Waals surface area contributed by atoms with Gasteiger partial charge >= 0.3 is 0 Å². The lowest BCUT2D eigenvalue weighted by Gasteiger charge is -2.05. The SMILES string of the molecule is Cc1ccc(C(=O)C(C#N)c2cccnc2)s1. The molecule has 17 heavy (non-hydrogen) atoms. The topological polar surface area (TPSA) is 53.8 Å². The maximum Gasteiger partial charge on any atom is 0.194 e. The number of thiophene rings is 1. The standard InChI is InChI=1S/C13H10N2OS/c1-9-4-5-12(17-9)13(16)11(7-14)10-3-2-6-15-8-10/h2-6,8,11H,1H3. The van der Waals surface area contributed by atoms with Crippen molar-refractivity contribution in [3.8, 4) is 6.07 Å². The van der Waals surface area contributed by atoms with Crippen LogP contribution in [0.15, 0.2) is 36.7 Å². The fourth-order valence-electron chi connectivity index (χ4n) is 1.54. The smallest absolute Gasteiger partial charge is 0.194 e. The van der Waals surface area contributed by atoms with Crippen molar-refractivity contribution in [2.24, 2.45) is 0 Å². The highest BCUT2D eigenvalue weighted by molar-refractivity contribution is 7.14. The normalized spacial score (nSPS) is 11.8. The second-order valence-corrected chi connectivity index (χ2v) is 4.91. The van der Waals surface area contributed by atoms with E-state index in [1.165, 1.54) is 11.3 Å². The first kappa shape index (κ1) is 11.5. The van der Waals surface area contributed by atoms with Crippen LogP contribution in [-0.2, 0) is 0 Å². The number of carbonyl (C=O) groups excluding carboxylic acids is 1. The number of aromatic nitrogens is 1. The van der Waals surface area contributed by atoms with Crippen LogP contribution in [0.2, 0.25) is 0 Å². The van der Waals surface area contributed by atoms with E-state index >= 15 is 0 Å². The molecule has 0 saturated heterocycles. The third-order valence-electron chi connectivity index (χ3n) is 2.39. The summed E-state index contributed by atoms with van der Waals surface area (Å²) in [7, 11) is 0. The second-order valence-electron chi connectivity index (χ2n) is 3.62. The number of Topliss-reactive ketones (excluding diaryl/α,β-unsaturated/α-hetero) is 1. The van der Waals surface area contributed by atoms with Gasteiger partial charge in [-0.15, -0.1) is 11.3 Å². The largest absolute Gasteiger partial charge is 0.291 e. The summed E-state index contributed by atoms with van der Waals surface area (Å²) in [6, 6.07) is 9.17. The molecule has 2 aromatic heterocycles. The number of ketones is 1. The Balaban J connectivity index is 2.32. The molecule has 0 aromatic carbocycles. The molecule has 2 heterocycles. The van der Waals surface area contributed by atoms with Crippen LogP contribution >= 0.6 is 11.3 Å². The van der Waals surface area contributed by atoms with Gasteiger partial charge in [0.25, 0.3) is 0 Å². The van der Waals surface area contributed by atoms with E-state index in [2.05, 4.69) is 4.98 Å². The van der Waals surface area contributed by atoms with Gasteiger partial charge in [0, 0.05) is 17.3 Å². The zero-order valence-electron chi connectivity index (χ0n) is 9.25. The summed E-state index contributed by atoms with van der Waals surface area (Å²) in [6.07, 6.45) is 3.18. The molecule has 0 spiro atoms. The second kappa shape index (κ2) is 4.89. The van der Waals surface area contributed by atoms with E-state index < -0.39 is 5.92 Å². The number of aryl methyl sites for hydroxylation is 1. The molecule has 2 aromatic rings. The highest BCUT2D eigenvalue weighted by Crippen LogP contribution is 2.24. The first-order valence-electron chi connectivity index (χ1n) is 5.12. The number of hydrogen-bond acceptors (Lipinski definition) is 4. The Kier molecular flexibility index (Phi) is 3.31. The molecule has 84 valence electrons. The molecular weight excluding hydrogens is 232 g/mol. The molecule has 0 fully saturated rings. The van der Waals surface area contributed by atoms with Crippen LogP contribution in [0.1, 0.15) is 26.0 Å². The van der Waals surface area contributed by atoms with Crippen LogP contribution in [0.5, 0.6) is 0 Å². The molecule has 0 aliphatic carbocycles. The van der Waals surface area contributed by atoms with Crippen molar-refractivity contribution in [2.45, 2.75) is 12.8 Å². The Hall–Kier alpha value is -1.99.